The molecule has 0 saturated carbocycles. The summed E-state index contributed by atoms with van der Waals surface area (Å²) >= 11 is 6.02. The Labute approximate surface area is 219 Å². The topological polar surface area (TPSA) is 123 Å². The Kier molecular flexibility index (Phi) is 7.04. The van der Waals surface area contributed by atoms with Gasteiger partial charge in [0.2, 0.25) is 10.0 Å². The average Bonchev–Trinajstić information content (AvgIpc) is 2.90. The van der Waals surface area contributed by atoms with Gasteiger partial charge in [0.05, 0.1) is 11.4 Å². The van der Waals surface area contributed by atoms with Crippen LogP contribution >= 0.6 is 11.6 Å². The van der Waals surface area contributed by atoms with Crippen molar-refractivity contribution in [2.24, 2.45) is 0 Å². The molecule has 2 saturated heterocycles. The van der Waals surface area contributed by atoms with Crippen LogP contribution in [-0.4, -0.2) is 78.0 Å². The third-order valence-corrected chi connectivity index (χ3v) is 8.85. The third kappa shape index (κ3) is 5.26. The lowest BCUT2D eigenvalue weighted by Gasteiger charge is -2.42. The predicted octanol–water partition coefficient (Wildman–Crippen LogP) is 2.35. The van der Waals surface area contributed by atoms with Gasteiger partial charge in [0.1, 0.15) is 0 Å². The molecule has 1 unspecified atom stereocenters. The van der Waals surface area contributed by atoms with Gasteiger partial charge in [-0.15, -0.1) is 0 Å². The van der Waals surface area contributed by atoms with Crippen LogP contribution < -0.4 is 10.3 Å². The molecule has 194 valence electrons. The first-order valence-electron chi connectivity index (χ1n) is 11.9. The fraction of sp³-hybridized carbons (Fsp3) is 0.320. The van der Waals surface area contributed by atoms with Crippen molar-refractivity contribution in [3.8, 4) is 0 Å². The van der Waals surface area contributed by atoms with Crippen molar-refractivity contribution < 1.29 is 23.1 Å². The number of hydrogen-bond acceptors (Lipinski definition) is 7. The fourth-order valence-electron chi connectivity index (χ4n) is 4.80. The fourth-order valence-corrected chi connectivity index (χ4v) is 6.41. The van der Waals surface area contributed by atoms with Crippen LogP contribution in [0.25, 0.3) is 10.8 Å². The molecule has 0 spiro atoms. The maximum Gasteiger partial charge on any atom is 0.329 e. The van der Waals surface area contributed by atoms with Crippen molar-refractivity contribution in [1.29, 1.82) is 0 Å². The van der Waals surface area contributed by atoms with Crippen LogP contribution in [-0.2, 0) is 19.6 Å². The average molecular weight is 544 g/mol. The Balaban J connectivity index is 1.29. The smallest absolute Gasteiger partial charge is 0.329 e. The largest absolute Gasteiger partial charge is 0.480 e. The minimum absolute atomic E-state index is 0.0100. The van der Waals surface area contributed by atoms with Crippen LogP contribution in [0, 0.1) is 0 Å². The molecule has 3 heterocycles. The maximum absolute atomic E-state index is 13.4. The SMILES string of the molecule is O=C(O)C1CN(S(=O)(=O)c2ccc3cc(Cl)ccc3c2)CC(=O)N1NC1CCN(c2ccncc2)CC1. The van der Waals surface area contributed by atoms with Crippen LogP contribution in [0.5, 0.6) is 0 Å². The molecule has 5 rings (SSSR count). The highest BCUT2D eigenvalue weighted by atomic mass is 35.5. The van der Waals surface area contributed by atoms with E-state index in [1.165, 1.54) is 12.1 Å². The van der Waals surface area contributed by atoms with Crippen molar-refractivity contribution in [2.75, 3.05) is 31.1 Å². The minimum atomic E-state index is -4.11. The summed E-state index contributed by atoms with van der Waals surface area (Å²) in [6.07, 6.45) is 4.86. The van der Waals surface area contributed by atoms with E-state index < -0.39 is 34.5 Å². The number of halogens is 1. The first-order valence-corrected chi connectivity index (χ1v) is 13.7. The van der Waals surface area contributed by atoms with Crippen molar-refractivity contribution in [3.63, 3.8) is 0 Å². The zero-order chi connectivity index (χ0) is 26.2. The van der Waals surface area contributed by atoms with E-state index in [2.05, 4.69) is 15.3 Å². The number of carbonyl (C=O) groups excluding carboxylic acids is 1. The number of hydrogen-bond donors (Lipinski definition) is 2. The molecule has 0 radical (unpaired) electrons. The summed E-state index contributed by atoms with van der Waals surface area (Å²) in [4.78, 5) is 31.4. The highest BCUT2D eigenvalue weighted by Gasteiger charge is 2.43. The molecule has 1 atom stereocenters. The Morgan fingerprint density at radius 2 is 1.70 bits per heavy atom. The number of carbonyl (C=O) groups is 2. The summed E-state index contributed by atoms with van der Waals surface area (Å²) in [5, 5.41) is 13.0. The molecule has 1 amide bonds. The summed E-state index contributed by atoms with van der Waals surface area (Å²) in [6.45, 7) is 0.656. The predicted molar refractivity (Wildman–Crippen MR) is 139 cm³/mol. The van der Waals surface area contributed by atoms with Crippen molar-refractivity contribution >= 4 is 50.0 Å². The molecule has 2 aliphatic heterocycles. The number of piperazine rings is 1. The van der Waals surface area contributed by atoms with E-state index in [0.717, 1.165) is 33.5 Å². The van der Waals surface area contributed by atoms with Crippen LogP contribution in [0.3, 0.4) is 0 Å². The number of carboxylic acid groups (broad SMARTS) is 1. The van der Waals surface area contributed by atoms with Crippen molar-refractivity contribution in [3.05, 3.63) is 65.9 Å². The molecule has 1 aromatic heterocycles. The lowest BCUT2D eigenvalue weighted by molar-refractivity contribution is -0.158. The Hall–Kier alpha value is -3.25. The molecule has 37 heavy (non-hydrogen) atoms. The number of aromatic nitrogens is 1. The number of amides is 1. The normalized spacial score (nSPS) is 19.9. The summed E-state index contributed by atoms with van der Waals surface area (Å²) in [5.41, 5.74) is 4.14. The van der Waals surface area contributed by atoms with Gasteiger partial charge in [0.25, 0.3) is 5.91 Å². The first-order chi connectivity index (χ1) is 17.7. The van der Waals surface area contributed by atoms with Gasteiger partial charge in [-0.05, 0) is 60.0 Å². The lowest BCUT2D eigenvalue weighted by atomic mass is 10.0. The number of piperidine rings is 1. The number of nitrogens with zero attached hydrogens (tertiary/aromatic N) is 4. The summed E-state index contributed by atoms with van der Waals surface area (Å²) in [6, 6.07) is 12.1. The molecule has 12 heteroatoms. The number of pyridine rings is 1. The summed E-state index contributed by atoms with van der Waals surface area (Å²) in [7, 11) is -4.11. The number of carboxylic acids is 1. The summed E-state index contributed by atoms with van der Waals surface area (Å²) in [5.74, 6) is -1.88. The van der Waals surface area contributed by atoms with E-state index in [-0.39, 0.29) is 17.5 Å². The number of nitrogens with one attached hydrogen (secondary N) is 1. The number of sulfonamides is 1. The van der Waals surface area contributed by atoms with E-state index in [9.17, 15) is 23.1 Å². The van der Waals surface area contributed by atoms with E-state index in [4.69, 9.17) is 11.6 Å². The van der Waals surface area contributed by atoms with E-state index in [1.807, 2.05) is 12.1 Å². The number of anilines is 1. The quantitative estimate of drug-likeness (QED) is 0.486. The third-order valence-electron chi connectivity index (χ3n) is 6.81. The molecular weight excluding hydrogens is 518 g/mol. The van der Waals surface area contributed by atoms with Crippen LogP contribution in [0.2, 0.25) is 5.02 Å². The molecule has 3 aromatic rings. The van der Waals surface area contributed by atoms with Gasteiger partial charge in [-0.2, -0.15) is 4.31 Å². The monoisotopic (exact) mass is 543 g/mol. The molecular formula is C25H26ClN5O5S. The second-order valence-electron chi connectivity index (χ2n) is 9.16. The van der Waals surface area contributed by atoms with Gasteiger partial charge in [0, 0.05) is 48.8 Å². The van der Waals surface area contributed by atoms with Gasteiger partial charge in [-0.1, -0.05) is 23.7 Å². The van der Waals surface area contributed by atoms with Crippen LogP contribution in [0.1, 0.15) is 12.8 Å². The minimum Gasteiger partial charge on any atom is -0.480 e. The zero-order valence-electron chi connectivity index (χ0n) is 19.8. The van der Waals surface area contributed by atoms with Gasteiger partial charge < -0.3 is 10.0 Å². The van der Waals surface area contributed by atoms with Gasteiger partial charge in [-0.25, -0.2) is 18.6 Å². The van der Waals surface area contributed by atoms with Crippen LogP contribution in [0.4, 0.5) is 5.69 Å². The summed E-state index contributed by atoms with van der Waals surface area (Å²) < 4.78 is 27.7. The number of rotatable bonds is 6. The maximum atomic E-state index is 13.4. The van der Waals surface area contributed by atoms with Crippen molar-refractivity contribution in [2.45, 2.75) is 29.8 Å². The van der Waals surface area contributed by atoms with E-state index >= 15 is 0 Å². The second-order valence-corrected chi connectivity index (χ2v) is 11.5. The van der Waals surface area contributed by atoms with E-state index in [1.54, 1.807) is 36.7 Å². The van der Waals surface area contributed by atoms with E-state index in [0.29, 0.717) is 23.3 Å². The first kappa shape index (κ1) is 25.4. The highest BCUT2D eigenvalue weighted by molar-refractivity contribution is 7.89. The molecule has 0 aliphatic carbocycles. The molecule has 2 aromatic carbocycles. The number of aliphatic carboxylic acids is 1. The van der Waals surface area contributed by atoms with Gasteiger partial charge in [0.15, 0.2) is 6.04 Å². The van der Waals surface area contributed by atoms with Gasteiger partial charge in [-0.3, -0.25) is 14.8 Å². The Morgan fingerprint density at radius 3 is 2.41 bits per heavy atom. The number of hydrazine groups is 1. The molecule has 2 aliphatic rings. The number of fused-ring (bicyclic) bond motifs is 1. The van der Waals surface area contributed by atoms with Crippen molar-refractivity contribution in [1.82, 2.24) is 19.7 Å². The molecule has 2 N–H and O–H groups in total. The molecule has 0 bridgehead atoms. The second kappa shape index (κ2) is 10.3. The zero-order valence-corrected chi connectivity index (χ0v) is 21.4. The Bertz CT molecular complexity index is 1430. The Morgan fingerprint density at radius 1 is 1.03 bits per heavy atom. The molecule has 2 fully saturated rings. The van der Waals surface area contributed by atoms with Crippen LogP contribution in [0.15, 0.2) is 65.8 Å². The van der Waals surface area contributed by atoms with Gasteiger partial charge >= 0.3 is 5.97 Å². The highest BCUT2D eigenvalue weighted by Crippen LogP contribution is 2.27. The number of benzene rings is 2. The standard InChI is InChI=1S/C25H26ClN5O5S/c26-19-3-1-18-14-22(4-2-17(18)13-19)37(35,36)30-15-23(25(33)34)31(24(32)16-30)28-20-7-11-29(12-8-20)21-5-9-27-10-6-21/h1-6,9-10,13-14,20,23,28H,7-8,11-12,15-16H2,(H,33,34). The molecule has 10 nitrogen and oxygen atoms in total. The lowest BCUT2D eigenvalue weighted by Crippen LogP contribution is -2.66.